The Bertz CT molecular complexity index is 76.4. The number of carboxylic acid groups (broad SMARTS) is 1. The first kappa shape index (κ1) is 7.75. The van der Waals surface area contributed by atoms with Crippen LogP contribution in [-0.4, -0.2) is 18.0 Å². The van der Waals surface area contributed by atoms with Crippen molar-refractivity contribution in [1.29, 1.82) is 0 Å². The van der Waals surface area contributed by atoms with E-state index in [1.165, 1.54) is 0 Å². The second kappa shape index (κ2) is 4.90. The lowest BCUT2D eigenvalue weighted by Crippen LogP contribution is -2.37. The van der Waals surface area contributed by atoms with Crippen molar-refractivity contribution in [1.82, 2.24) is 5.32 Å². The maximum Gasteiger partial charge on any atom is 0.134 e. The van der Waals surface area contributed by atoms with Crippen molar-refractivity contribution in [3.05, 3.63) is 0 Å². The Hall–Kier alpha value is -0.250. The van der Waals surface area contributed by atoms with E-state index in [0.717, 1.165) is 11.8 Å². The number of carbonyl (C=O) groups excluding carboxylic acids is 1. The molecule has 0 saturated carbocycles. The Morgan fingerprint density at radius 3 is 2.75 bits per heavy atom. The van der Waals surface area contributed by atoms with Gasteiger partial charge in [0.1, 0.15) is 6.09 Å². The monoisotopic (exact) mass is 180 g/mol. The van der Waals surface area contributed by atoms with E-state index in [9.17, 15) is 9.90 Å². The van der Waals surface area contributed by atoms with Gasteiger partial charge >= 0.3 is 0 Å². The van der Waals surface area contributed by atoms with Crippen LogP contribution in [0.4, 0.5) is 4.79 Å². The smallest absolute Gasteiger partial charge is 0.134 e. The third-order valence-corrected chi connectivity index (χ3v) is 1.14. The molecule has 0 aromatic rings. The Morgan fingerprint density at radius 1 is 1.75 bits per heavy atom. The van der Waals surface area contributed by atoms with Crippen LogP contribution in [0.1, 0.15) is 6.42 Å². The van der Waals surface area contributed by atoms with Gasteiger partial charge in [0.15, 0.2) is 0 Å². The maximum absolute atomic E-state index is 9.64. The quantitative estimate of drug-likeness (QED) is 0.480. The van der Waals surface area contributed by atoms with Crippen LogP contribution in [-0.2, 0) is 0 Å². The second-order valence-electron chi connectivity index (χ2n) is 1.26. The first-order valence-corrected chi connectivity index (χ1v) is 3.40. The number of amides is 1. The summed E-state index contributed by atoms with van der Waals surface area (Å²) in [5.74, 6) is 0. The highest BCUT2D eigenvalue weighted by molar-refractivity contribution is 9.09. The van der Waals surface area contributed by atoms with Crippen LogP contribution in [0, 0.1) is 0 Å². The van der Waals surface area contributed by atoms with Crippen LogP contribution in [0.5, 0.6) is 0 Å². The molecule has 1 N–H and O–H groups in total. The first-order chi connectivity index (χ1) is 3.77. The summed E-state index contributed by atoms with van der Waals surface area (Å²) in [7, 11) is 0. The molecule has 0 aliphatic carbocycles. The van der Waals surface area contributed by atoms with Crippen molar-refractivity contribution in [3.8, 4) is 0 Å². The largest absolute Gasteiger partial charge is 0.530 e. The SMILES string of the molecule is O=C([O-])NCCCBr. The predicted molar refractivity (Wildman–Crippen MR) is 31.8 cm³/mol. The van der Waals surface area contributed by atoms with Gasteiger partial charge in [-0.3, -0.25) is 0 Å². The zero-order chi connectivity index (χ0) is 6.41. The standard InChI is InChI=1S/C4H8BrNO2/c5-2-1-3-6-4(7)8/h6H,1-3H2,(H,7,8)/p-1. The summed E-state index contributed by atoms with van der Waals surface area (Å²) in [5, 5.41) is 12.6. The van der Waals surface area contributed by atoms with E-state index >= 15 is 0 Å². The van der Waals surface area contributed by atoms with Gasteiger partial charge in [-0.05, 0) is 6.42 Å². The Balaban J connectivity index is 2.82. The molecule has 8 heavy (non-hydrogen) atoms. The molecule has 0 aliphatic rings. The zero-order valence-electron chi connectivity index (χ0n) is 4.32. The van der Waals surface area contributed by atoms with E-state index in [1.807, 2.05) is 0 Å². The van der Waals surface area contributed by atoms with Crippen molar-refractivity contribution >= 4 is 22.0 Å². The van der Waals surface area contributed by atoms with E-state index in [0.29, 0.717) is 6.54 Å². The van der Waals surface area contributed by atoms with E-state index < -0.39 is 6.09 Å². The topological polar surface area (TPSA) is 52.2 Å². The van der Waals surface area contributed by atoms with E-state index in [-0.39, 0.29) is 0 Å². The van der Waals surface area contributed by atoms with Crippen molar-refractivity contribution in [2.24, 2.45) is 0 Å². The summed E-state index contributed by atoms with van der Waals surface area (Å²) in [6, 6.07) is 0. The molecule has 0 bridgehead atoms. The molecule has 0 heterocycles. The molecular weight excluding hydrogens is 174 g/mol. The molecule has 0 spiro atoms. The zero-order valence-corrected chi connectivity index (χ0v) is 5.90. The van der Waals surface area contributed by atoms with E-state index in [1.54, 1.807) is 0 Å². The first-order valence-electron chi connectivity index (χ1n) is 2.28. The molecule has 0 aliphatic heterocycles. The van der Waals surface area contributed by atoms with Crippen molar-refractivity contribution < 1.29 is 9.90 Å². The molecule has 3 nitrogen and oxygen atoms in total. The average Bonchev–Trinajstić information content (AvgIpc) is 1.66. The summed E-state index contributed by atoms with van der Waals surface area (Å²) in [6.45, 7) is 0.466. The van der Waals surface area contributed by atoms with Crippen LogP contribution in [0.2, 0.25) is 0 Å². The molecule has 0 radical (unpaired) electrons. The number of rotatable bonds is 3. The molecule has 0 fully saturated rings. The molecule has 0 aromatic heterocycles. The fourth-order valence-corrected chi connectivity index (χ4v) is 0.538. The fraction of sp³-hybridized carbons (Fsp3) is 0.750. The van der Waals surface area contributed by atoms with Gasteiger partial charge in [-0.15, -0.1) is 0 Å². The number of hydrogen-bond acceptors (Lipinski definition) is 2. The summed E-state index contributed by atoms with van der Waals surface area (Å²) in [5.41, 5.74) is 0. The highest BCUT2D eigenvalue weighted by Crippen LogP contribution is 1.82. The minimum atomic E-state index is -1.20. The molecule has 0 saturated heterocycles. The summed E-state index contributed by atoms with van der Waals surface area (Å²) < 4.78 is 0. The van der Waals surface area contributed by atoms with E-state index in [2.05, 4.69) is 21.2 Å². The third-order valence-electron chi connectivity index (χ3n) is 0.580. The lowest BCUT2D eigenvalue weighted by molar-refractivity contribution is -0.250. The van der Waals surface area contributed by atoms with Crippen molar-refractivity contribution in [3.63, 3.8) is 0 Å². The highest BCUT2D eigenvalue weighted by Gasteiger charge is 1.81. The number of alkyl halides is 1. The van der Waals surface area contributed by atoms with Crippen molar-refractivity contribution in [2.75, 3.05) is 11.9 Å². The summed E-state index contributed by atoms with van der Waals surface area (Å²) in [4.78, 5) is 9.64. The van der Waals surface area contributed by atoms with Gasteiger partial charge in [-0.2, -0.15) is 0 Å². The molecule has 1 amide bonds. The summed E-state index contributed by atoms with van der Waals surface area (Å²) >= 11 is 3.15. The average molecular weight is 181 g/mol. The van der Waals surface area contributed by atoms with Gasteiger partial charge in [0, 0.05) is 11.9 Å². The van der Waals surface area contributed by atoms with Crippen LogP contribution < -0.4 is 10.4 Å². The molecular formula is C4H7BrNO2-. The maximum atomic E-state index is 9.64. The van der Waals surface area contributed by atoms with Crippen LogP contribution in [0.25, 0.3) is 0 Å². The van der Waals surface area contributed by atoms with Gasteiger partial charge in [-0.25, -0.2) is 0 Å². The Morgan fingerprint density at radius 2 is 2.38 bits per heavy atom. The molecule has 0 rings (SSSR count). The minimum absolute atomic E-state index is 0.466. The van der Waals surface area contributed by atoms with Crippen LogP contribution in [0.15, 0.2) is 0 Å². The van der Waals surface area contributed by atoms with Crippen LogP contribution in [0.3, 0.4) is 0 Å². The number of halogens is 1. The molecule has 0 aromatic carbocycles. The summed E-state index contributed by atoms with van der Waals surface area (Å²) in [6.07, 6.45) is -0.403. The number of nitrogens with one attached hydrogen (secondary N) is 1. The third kappa shape index (κ3) is 5.75. The minimum Gasteiger partial charge on any atom is -0.530 e. The lowest BCUT2D eigenvalue weighted by atomic mass is 10.5. The molecule has 0 atom stereocenters. The molecule has 0 unspecified atom stereocenters. The van der Waals surface area contributed by atoms with Gasteiger partial charge < -0.3 is 15.2 Å². The second-order valence-corrected chi connectivity index (χ2v) is 2.05. The van der Waals surface area contributed by atoms with Gasteiger partial charge in [0.25, 0.3) is 0 Å². The van der Waals surface area contributed by atoms with Gasteiger partial charge in [0.05, 0.1) is 0 Å². The van der Waals surface area contributed by atoms with Crippen LogP contribution >= 0.6 is 15.9 Å². The highest BCUT2D eigenvalue weighted by atomic mass is 79.9. The molecule has 4 heteroatoms. The molecule has 48 valence electrons. The van der Waals surface area contributed by atoms with E-state index in [4.69, 9.17) is 0 Å². The van der Waals surface area contributed by atoms with Gasteiger partial charge in [0.2, 0.25) is 0 Å². The Kier molecular flexibility index (Phi) is 4.75. The number of hydrogen-bond donors (Lipinski definition) is 1. The fourth-order valence-electron chi connectivity index (χ4n) is 0.257. The Labute approximate surface area is 56.2 Å². The van der Waals surface area contributed by atoms with Gasteiger partial charge in [-0.1, -0.05) is 15.9 Å². The normalized spacial score (nSPS) is 8.62. The lowest BCUT2D eigenvalue weighted by Gasteiger charge is -2.02. The number of carbonyl (C=O) groups is 1. The van der Waals surface area contributed by atoms with Crippen molar-refractivity contribution in [2.45, 2.75) is 6.42 Å². The predicted octanol–water partition coefficient (Wildman–Crippen LogP) is -0.296.